The number of hydrogen-bond donors (Lipinski definition) is 1. The molecular formula is C14H21BrN2O3S. The second kappa shape index (κ2) is 8.38. The second-order valence-electron chi connectivity index (χ2n) is 5.15. The Balaban J connectivity index is 2.60. The summed E-state index contributed by atoms with van der Waals surface area (Å²) in [6.45, 7) is 4.89. The van der Waals surface area contributed by atoms with E-state index >= 15 is 0 Å². The minimum atomic E-state index is -0.831. The van der Waals surface area contributed by atoms with Crippen LogP contribution in [-0.4, -0.2) is 46.5 Å². The minimum absolute atomic E-state index is 0.0452. The molecule has 0 aliphatic heterocycles. The summed E-state index contributed by atoms with van der Waals surface area (Å²) in [5.74, 6) is -0.831. The van der Waals surface area contributed by atoms with Crippen molar-refractivity contribution >= 4 is 39.3 Å². The predicted octanol–water partition coefficient (Wildman–Crippen LogP) is 3.64. The highest BCUT2D eigenvalue weighted by atomic mass is 79.9. The Bertz CT molecular complexity index is 490. The Morgan fingerprint density at radius 2 is 2.10 bits per heavy atom. The molecule has 0 radical (unpaired) electrons. The van der Waals surface area contributed by atoms with Gasteiger partial charge in [0.05, 0.1) is 6.54 Å². The molecule has 0 spiro atoms. The molecular weight excluding hydrogens is 356 g/mol. The molecule has 1 N–H and O–H groups in total. The third kappa shape index (κ3) is 6.05. The Hall–Kier alpha value is -1.08. The lowest BCUT2D eigenvalue weighted by molar-refractivity contribution is -0.137. The number of carboxylic acid groups (broad SMARTS) is 1. The van der Waals surface area contributed by atoms with Gasteiger partial charge in [-0.25, -0.2) is 4.79 Å². The smallest absolute Gasteiger partial charge is 0.320 e. The number of carboxylic acids is 1. The topological polar surface area (TPSA) is 60.9 Å². The van der Waals surface area contributed by atoms with Crippen LogP contribution in [0.5, 0.6) is 0 Å². The SMILES string of the molecule is CC(C)N(CCCC(=O)O)C(=O)N(C)Cc1cc(Br)cs1. The van der Waals surface area contributed by atoms with E-state index in [9.17, 15) is 9.59 Å². The van der Waals surface area contributed by atoms with Crippen LogP contribution in [0.15, 0.2) is 15.9 Å². The molecule has 0 saturated heterocycles. The summed E-state index contributed by atoms with van der Waals surface area (Å²) in [5.41, 5.74) is 0. The molecule has 5 nitrogen and oxygen atoms in total. The Kier molecular flexibility index (Phi) is 7.17. The lowest BCUT2D eigenvalue weighted by Gasteiger charge is -2.31. The lowest BCUT2D eigenvalue weighted by Crippen LogP contribution is -2.45. The molecule has 0 fully saturated rings. The van der Waals surface area contributed by atoms with Crippen LogP contribution in [0.25, 0.3) is 0 Å². The van der Waals surface area contributed by atoms with Crippen molar-refractivity contribution in [2.45, 2.75) is 39.3 Å². The summed E-state index contributed by atoms with van der Waals surface area (Å²) in [4.78, 5) is 27.5. The third-order valence-electron chi connectivity index (χ3n) is 3.00. The van der Waals surface area contributed by atoms with Crippen molar-refractivity contribution in [2.24, 2.45) is 0 Å². The van der Waals surface area contributed by atoms with Crippen molar-refractivity contribution in [1.29, 1.82) is 0 Å². The first kappa shape index (κ1) is 18.0. The van der Waals surface area contributed by atoms with Crippen molar-refractivity contribution in [3.8, 4) is 0 Å². The van der Waals surface area contributed by atoms with Gasteiger partial charge in [0.1, 0.15) is 0 Å². The molecule has 7 heteroatoms. The quantitative estimate of drug-likeness (QED) is 0.789. The molecule has 118 valence electrons. The van der Waals surface area contributed by atoms with E-state index in [0.29, 0.717) is 19.5 Å². The number of carbonyl (C=O) groups excluding carboxylic acids is 1. The zero-order valence-corrected chi connectivity index (χ0v) is 14.9. The largest absolute Gasteiger partial charge is 0.481 e. The molecule has 1 rings (SSSR count). The Labute approximate surface area is 137 Å². The number of carbonyl (C=O) groups is 2. The molecule has 0 unspecified atom stereocenters. The average Bonchev–Trinajstić information content (AvgIpc) is 2.78. The number of urea groups is 1. The van der Waals surface area contributed by atoms with E-state index in [1.54, 1.807) is 28.2 Å². The summed E-state index contributed by atoms with van der Waals surface area (Å²) in [6.07, 6.45) is 0.551. The van der Waals surface area contributed by atoms with Crippen LogP contribution in [0.1, 0.15) is 31.6 Å². The molecule has 0 aliphatic rings. The number of hydrogen-bond acceptors (Lipinski definition) is 3. The third-order valence-corrected chi connectivity index (χ3v) is 4.68. The average molecular weight is 377 g/mol. The minimum Gasteiger partial charge on any atom is -0.481 e. The van der Waals surface area contributed by atoms with Crippen LogP contribution in [0.4, 0.5) is 4.79 Å². The van der Waals surface area contributed by atoms with Crippen molar-refractivity contribution in [3.63, 3.8) is 0 Å². The molecule has 1 aromatic rings. The van der Waals surface area contributed by atoms with Gasteiger partial charge < -0.3 is 14.9 Å². The Morgan fingerprint density at radius 3 is 2.57 bits per heavy atom. The summed E-state index contributed by atoms with van der Waals surface area (Å²) < 4.78 is 1.02. The van der Waals surface area contributed by atoms with Crippen molar-refractivity contribution < 1.29 is 14.7 Å². The standard InChI is InChI=1S/C14H21BrN2O3S/c1-10(2)17(6-4-5-13(18)19)14(20)16(3)8-12-7-11(15)9-21-12/h7,9-10H,4-6,8H2,1-3H3,(H,18,19). The zero-order chi connectivity index (χ0) is 16.0. The summed E-state index contributed by atoms with van der Waals surface area (Å²) in [6, 6.07) is 1.97. The Morgan fingerprint density at radius 1 is 1.43 bits per heavy atom. The van der Waals surface area contributed by atoms with Crippen LogP contribution < -0.4 is 0 Å². The van der Waals surface area contributed by atoms with Gasteiger partial charge in [0.25, 0.3) is 0 Å². The van der Waals surface area contributed by atoms with Gasteiger partial charge in [-0.2, -0.15) is 0 Å². The first-order valence-electron chi connectivity index (χ1n) is 6.77. The fourth-order valence-electron chi connectivity index (χ4n) is 1.93. The monoisotopic (exact) mass is 376 g/mol. The molecule has 0 aliphatic carbocycles. The van der Waals surface area contributed by atoms with E-state index in [1.807, 2.05) is 25.3 Å². The van der Waals surface area contributed by atoms with Gasteiger partial charge in [-0.15, -0.1) is 11.3 Å². The molecule has 0 saturated carbocycles. The van der Waals surface area contributed by atoms with Gasteiger partial charge in [-0.1, -0.05) is 0 Å². The summed E-state index contributed by atoms with van der Waals surface area (Å²) in [7, 11) is 1.77. The van der Waals surface area contributed by atoms with Crippen LogP contribution in [0, 0.1) is 0 Å². The van der Waals surface area contributed by atoms with Crippen molar-refractivity contribution in [1.82, 2.24) is 9.80 Å². The summed E-state index contributed by atoms with van der Waals surface area (Å²) in [5, 5.41) is 10.7. The number of aliphatic carboxylic acids is 1. The lowest BCUT2D eigenvalue weighted by atomic mass is 10.2. The van der Waals surface area contributed by atoms with Crippen LogP contribution in [-0.2, 0) is 11.3 Å². The van der Waals surface area contributed by atoms with Gasteiger partial charge in [-0.3, -0.25) is 4.79 Å². The number of thiophene rings is 1. The maximum atomic E-state index is 12.5. The van der Waals surface area contributed by atoms with E-state index < -0.39 is 5.97 Å². The number of halogens is 1. The normalized spacial score (nSPS) is 10.7. The van der Waals surface area contributed by atoms with Gasteiger partial charge >= 0.3 is 12.0 Å². The molecule has 0 atom stereocenters. The first-order valence-corrected chi connectivity index (χ1v) is 8.45. The number of nitrogens with zero attached hydrogens (tertiary/aromatic N) is 2. The zero-order valence-electron chi connectivity index (χ0n) is 12.5. The predicted molar refractivity (Wildman–Crippen MR) is 87.6 cm³/mol. The van der Waals surface area contributed by atoms with E-state index in [-0.39, 0.29) is 18.5 Å². The fourth-order valence-corrected chi connectivity index (χ4v) is 3.44. The maximum absolute atomic E-state index is 12.5. The van der Waals surface area contributed by atoms with E-state index in [4.69, 9.17) is 5.11 Å². The molecule has 0 aromatic carbocycles. The van der Waals surface area contributed by atoms with E-state index in [2.05, 4.69) is 15.9 Å². The summed E-state index contributed by atoms with van der Waals surface area (Å²) >= 11 is 5.00. The van der Waals surface area contributed by atoms with Gasteiger partial charge in [0.2, 0.25) is 0 Å². The number of amides is 2. The second-order valence-corrected chi connectivity index (χ2v) is 7.07. The number of rotatable bonds is 7. The van der Waals surface area contributed by atoms with Crippen LogP contribution in [0.2, 0.25) is 0 Å². The molecule has 1 heterocycles. The van der Waals surface area contributed by atoms with Crippen molar-refractivity contribution in [3.05, 3.63) is 20.8 Å². The highest BCUT2D eigenvalue weighted by Gasteiger charge is 2.21. The maximum Gasteiger partial charge on any atom is 0.320 e. The van der Waals surface area contributed by atoms with Crippen LogP contribution in [0.3, 0.4) is 0 Å². The molecule has 0 bridgehead atoms. The van der Waals surface area contributed by atoms with Gasteiger partial charge in [0, 0.05) is 40.8 Å². The first-order chi connectivity index (χ1) is 9.81. The van der Waals surface area contributed by atoms with Gasteiger partial charge in [-0.05, 0) is 42.3 Å². The van der Waals surface area contributed by atoms with Gasteiger partial charge in [0.15, 0.2) is 0 Å². The molecule has 1 aromatic heterocycles. The molecule has 21 heavy (non-hydrogen) atoms. The highest BCUT2D eigenvalue weighted by molar-refractivity contribution is 9.10. The van der Waals surface area contributed by atoms with Crippen LogP contribution >= 0.6 is 27.3 Å². The highest BCUT2D eigenvalue weighted by Crippen LogP contribution is 2.21. The van der Waals surface area contributed by atoms with E-state index in [1.165, 1.54) is 0 Å². The molecule has 2 amide bonds. The van der Waals surface area contributed by atoms with Crippen molar-refractivity contribution in [2.75, 3.05) is 13.6 Å². The van der Waals surface area contributed by atoms with E-state index in [0.717, 1.165) is 9.35 Å². The fraction of sp³-hybridized carbons (Fsp3) is 0.571.